The monoisotopic (exact) mass is 387 g/mol. The molecule has 0 saturated heterocycles. The van der Waals surface area contributed by atoms with Gasteiger partial charge in [0.1, 0.15) is 6.54 Å². The van der Waals surface area contributed by atoms with Gasteiger partial charge in [0.05, 0.1) is 11.3 Å². The quantitative estimate of drug-likeness (QED) is 0.731. The first kappa shape index (κ1) is 19.3. The lowest BCUT2D eigenvalue weighted by atomic mass is 10.1. The average Bonchev–Trinajstić information content (AvgIpc) is 2.68. The van der Waals surface area contributed by atoms with Crippen LogP contribution in [0.1, 0.15) is 11.1 Å². The average molecular weight is 387 g/mol. The highest BCUT2D eigenvalue weighted by molar-refractivity contribution is 5.75. The number of nitrogens with zero attached hydrogens (tertiary/aromatic N) is 2. The third-order valence-electron chi connectivity index (χ3n) is 4.00. The minimum absolute atomic E-state index is 0.0457. The molecule has 28 heavy (non-hydrogen) atoms. The molecule has 8 heteroatoms. The number of hydrogen-bond donors (Lipinski definition) is 1. The number of amides is 1. The van der Waals surface area contributed by atoms with E-state index in [-0.39, 0.29) is 13.1 Å². The van der Waals surface area contributed by atoms with E-state index in [1.165, 1.54) is 18.2 Å². The first-order chi connectivity index (χ1) is 13.3. The van der Waals surface area contributed by atoms with Crippen molar-refractivity contribution < 1.29 is 18.0 Å². The van der Waals surface area contributed by atoms with Crippen molar-refractivity contribution in [2.75, 3.05) is 0 Å². The minimum Gasteiger partial charge on any atom is -0.350 e. The zero-order chi connectivity index (χ0) is 20.1. The summed E-state index contributed by atoms with van der Waals surface area (Å²) in [5, 5.41) is 6.77. The second-order valence-corrected chi connectivity index (χ2v) is 6.05. The van der Waals surface area contributed by atoms with Crippen LogP contribution in [-0.4, -0.2) is 15.7 Å². The highest BCUT2D eigenvalue weighted by Crippen LogP contribution is 2.29. The van der Waals surface area contributed by atoms with Crippen molar-refractivity contribution in [3.8, 4) is 11.3 Å². The maximum Gasteiger partial charge on any atom is 0.416 e. The van der Waals surface area contributed by atoms with Gasteiger partial charge in [-0.2, -0.15) is 18.3 Å². The lowest BCUT2D eigenvalue weighted by Gasteiger charge is -2.10. The lowest BCUT2D eigenvalue weighted by molar-refractivity contribution is -0.137. The van der Waals surface area contributed by atoms with Gasteiger partial charge in [-0.3, -0.25) is 9.59 Å². The zero-order valence-electron chi connectivity index (χ0n) is 14.6. The van der Waals surface area contributed by atoms with E-state index in [9.17, 15) is 22.8 Å². The summed E-state index contributed by atoms with van der Waals surface area (Å²) in [7, 11) is 0. The normalized spacial score (nSPS) is 11.2. The van der Waals surface area contributed by atoms with Crippen LogP contribution in [0.2, 0.25) is 0 Å². The number of aromatic nitrogens is 2. The molecular formula is C20H16F3N3O2. The lowest BCUT2D eigenvalue weighted by Crippen LogP contribution is -2.33. The van der Waals surface area contributed by atoms with Crippen LogP contribution in [0.25, 0.3) is 11.3 Å². The van der Waals surface area contributed by atoms with Gasteiger partial charge in [-0.05, 0) is 23.8 Å². The van der Waals surface area contributed by atoms with Gasteiger partial charge in [0.25, 0.3) is 5.56 Å². The van der Waals surface area contributed by atoms with E-state index in [0.29, 0.717) is 11.3 Å². The molecule has 0 saturated carbocycles. The molecule has 0 aliphatic carbocycles. The van der Waals surface area contributed by atoms with Crippen LogP contribution >= 0.6 is 0 Å². The van der Waals surface area contributed by atoms with Gasteiger partial charge in [0, 0.05) is 18.2 Å². The summed E-state index contributed by atoms with van der Waals surface area (Å²) >= 11 is 0. The number of alkyl halides is 3. The molecule has 0 spiro atoms. The van der Waals surface area contributed by atoms with Crippen molar-refractivity contribution >= 4 is 5.91 Å². The van der Waals surface area contributed by atoms with Gasteiger partial charge in [-0.25, -0.2) is 4.68 Å². The van der Waals surface area contributed by atoms with Gasteiger partial charge in [0.15, 0.2) is 0 Å². The van der Waals surface area contributed by atoms with Crippen LogP contribution in [0.5, 0.6) is 0 Å². The van der Waals surface area contributed by atoms with E-state index in [1.54, 1.807) is 6.07 Å². The smallest absolute Gasteiger partial charge is 0.350 e. The van der Waals surface area contributed by atoms with E-state index < -0.39 is 23.2 Å². The molecule has 3 rings (SSSR count). The number of halogens is 3. The Labute approximate surface area is 158 Å². The predicted molar refractivity (Wildman–Crippen MR) is 97.2 cm³/mol. The molecule has 0 fully saturated rings. The topological polar surface area (TPSA) is 64.0 Å². The summed E-state index contributed by atoms with van der Waals surface area (Å²) < 4.78 is 38.7. The molecule has 3 aromatic rings. The van der Waals surface area contributed by atoms with Crippen LogP contribution in [0, 0.1) is 0 Å². The molecule has 0 aliphatic rings. The van der Waals surface area contributed by atoms with Crippen molar-refractivity contribution in [3.05, 3.63) is 88.2 Å². The molecule has 0 bridgehead atoms. The molecule has 2 aromatic carbocycles. The molecule has 1 amide bonds. The number of hydrogen-bond acceptors (Lipinski definition) is 3. The van der Waals surface area contributed by atoms with Crippen molar-refractivity contribution in [1.29, 1.82) is 0 Å². The van der Waals surface area contributed by atoms with E-state index in [0.717, 1.165) is 22.4 Å². The fourth-order valence-corrected chi connectivity index (χ4v) is 2.53. The van der Waals surface area contributed by atoms with Crippen LogP contribution in [-0.2, 0) is 24.1 Å². The second kappa shape index (κ2) is 8.08. The highest BCUT2D eigenvalue weighted by atomic mass is 19.4. The van der Waals surface area contributed by atoms with Crippen LogP contribution < -0.4 is 10.9 Å². The second-order valence-electron chi connectivity index (χ2n) is 6.05. The number of benzene rings is 2. The van der Waals surface area contributed by atoms with E-state index in [1.807, 2.05) is 30.3 Å². The molecule has 1 aromatic heterocycles. The van der Waals surface area contributed by atoms with Crippen molar-refractivity contribution in [3.63, 3.8) is 0 Å². The first-order valence-corrected chi connectivity index (χ1v) is 8.39. The van der Waals surface area contributed by atoms with Gasteiger partial charge < -0.3 is 5.32 Å². The van der Waals surface area contributed by atoms with Gasteiger partial charge >= 0.3 is 6.18 Å². The standard InChI is InChI=1S/C20H16F3N3O2/c21-20(22,23)16-8-6-14(7-9-16)12-24-18(27)13-26-19(28)11-10-17(25-26)15-4-2-1-3-5-15/h1-11H,12-13H2,(H,24,27). The molecular weight excluding hydrogens is 371 g/mol. The number of carbonyl (C=O) groups is 1. The molecule has 144 valence electrons. The summed E-state index contributed by atoms with van der Waals surface area (Å²) in [5.74, 6) is -0.472. The fourth-order valence-electron chi connectivity index (χ4n) is 2.53. The summed E-state index contributed by atoms with van der Waals surface area (Å²) in [6.45, 7) is -0.246. The highest BCUT2D eigenvalue weighted by Gasteiger charge is 2.29. The van der Waals surface area contributed by atoms with E-state index in [4.69, 9.17) is 0 Å². The first-order valence-electron chi connectivity index (χ1n) is 8.39. The number of nitrogens with one attached hydrogen (secondary N) is 1. The van der Waals surface area contributed by atoms with Crippen molar-refractivity contribution in [2.45, 2.75) is 19.3 Å². The third kappa shape index (κ3) is 4.85. The van der Waals surface area contributed by atoms with E-state index >= 15 is 0 Å². The molecule has 0 unspecified atom stereocenters. The Morgan fingerprint density at radius 1 is 0.964 bits per heavy atom. The van der Waals surface area contributed by atoms with Crippen LogP contribution in [0.4, 0.5) is 13.2 Å². The Balaban J connectivity index is 1.64. The Hall–Kier alpha value is -3.42. The Morgan fingerprint density at radius 3 is 2.29 bits per heavy atom. The summed E-state index contributed by atoms with van der Waals surface area (Å²) in [5.41, 5.74) is 0.692. The molecule has 0 atom stereocenters. The molecule has 1 N–H and O–H groups in total. The maximum atomic E-state index is 12.6. The summed E-state index contributed by atoms with van der Waals surface area (Å²) in [6.07, 6.45) is -4.40. The molecule has 0 aliphatic heterocycles. The number of carbonyl (C=O) groups excluding carboxylic acids is 1. The van der Waals surface area contributed by atoms with Gasteiger partial charge in [-0.15, -0.1) is 0 Å². The Morgan fingerprint density at radius 2 is 1.64 bits per heavy atom. The Bertz CT molecular complexity index is 1010. The third-order valence-corrected chi connectivity index (χ3v) is 4.00. The van der Waals surface area contributed by atoms with Gasteiger partial charge in [0.2, 0.25) is 5.91 Å². The van der Waals surface area contributed by atoms with E-state index in [2.05, 4.69) is 10.4 Å². The minimum atomic E-state index is -4.40. The summed E-state index contributed by atoms with van der Waals surface area (Å²) in [4.78, 5) is 24.1. The molecule has 0 radical (unpaired) electrons. The van der Waals surface area contributed by atoms with Gasteiger partial charge in [-0.1, -0.05) is 42.5 Å². The Kier molecular flexibility index (Phi) is 5.58. The van der Waals surface area contributed by atoms with Crippen LogP contribution in [0.3, 0.4) is 0 Å². The number of rotatable bonds is 5. The molecule has 5 nitrogen and oxygen atoms in total. The molecule has 1 heterocycles. The predicted octanol–water partition coefficient (Wildman–Crippen LogP) is 3.25. The fraction of sp³-hybridized carbons (Fsp3) is 0.150. The van der Waals surface area contributed by atoms with Crippen molar-refractivity contribution in [2.24, 2.45) is 0 Å². The van der Waals surface area contributed by atoms with Crippen LogP contribution in [0.15, 0.2) is 71.5 Å². The largest absolute Gasteiger partial charge is 0.416 e. The zero-order valence-corrected chi connectivity index (χ0v) is 14.6. The SMILES string of the molecule is O=C(Cn1nc(-c2ccccc2)ccc1=O)NCc1ccc(C(F)(F)F)cc1. The maximum absolute atomic E-state index is 12.6. The van der Waals surface area contributed by atoms with Crippen molar-refractivity contribution in [1.82, 2.24) is 15.1 Å². The summed E-state index contributed by atoms with van der Waals surface area (Å²) in [6, 6.07) is 16.6.